The number of rotatable bonds is 4. The molecular formula is C12H7Cl3N2O3. The van der Waals surface area contributed by atoms with Gasteiger partial charge in [0.05, 0.1) is 15.7 Å². The number of hydrogen-bond donors (Lipinski definition) is 1. The molecule has 0 saturated heterocycles. The van der Waals surface area contributed by atoms with Crippen LogP contribution in [0.2, 0.25) is 15.1 Å². The van der Waals surface area contributed by atoms with Gasteiger partial charge in [-0.25, -0.2) is 14.8 Å². The number of halogens is 3. The number of nitrogens with zero attached hydrogens (tertiary/aromatic N) is 2. The predicted octanol–water partition coefficient (Wildman–Crippen LogP) is 3.71. The molecule has 8 heteroatoms. The Morgan fingerprint density at radius 1 is 1.25 bits per heavy atom. The Kier molecular flexibility index (Phi) is 4.65. The number of aromatic nitrogens is 2. The smallest absolute Gasteiger partial charge is 0.339 e. The van der Waals surface area contributed by atoms with Crippen molar-refractivity contribution in [3.8, 4) is 5.75 Å². The van der Waals surface area contributed by atoms with Crippen LogP contribution in [0.5, 0.6) is 5.75 Å². The monoisotopic (exact) mass is 332 g/mol. The van der Waals surface area contributed by atoms with E-state index in [0.717, 1.165) is 0 Å². The van der Waals surface area contributed by atoms with Crippen molar-refractivity contribution in [2.45, 2.75) is 6.61 Å². The molecule has 0 saturated carbocycles. The molecule has 20 heavy (non-hydrogen) atoms. The third kappa shape index (κ3) is 3.30. The molecule has 1 aromatic carbocycles. The van der Waals surface area contributed by atoms with Gasteiger partial charge in [-0.2, -0.15) is 0 Å². The lowest BCUT2D eigenvalue weighted by Crippen LogP contribution is -2.08. The van der Waals surface area contributed by atoms with Crippen molar-refractivity contribution in [3.05, 3.63) is 51.0 Å². The van der Waals surface area contributed by atoms with E-state index in [1.807, 2.05) is 0 Å². The van der Waals surface area contributed by atoms with Crippen molar-refractivity contribution >= 4 is 40.8 Å². The summed E-state index contributed by atoms with van der Waals surface area (Å²) in [5, 5.41) is 9.84. The van der Waals surface area contributed by atoms with Crippen molar-refractivity contribution in [1.29, 1.82) is 0 Å². The zero-order chi connectivity index (χ0) is 14.7. The van der Waals surface area contributed by atoms with Gasteiger partial charge in [-0.1, -0.05) is 34.8 Å². The molecule has 0 radical (unpaired) electrons. The van der Waals surface area contributed by atoms with Gasteiger partial charge in [0.2, 0.25) is 0 Å². The minimum atomic E-state index is -1.14. The van der Waals surface area contributed by atoms with Gasteiger partial charge in [-0.3, -0.25) is 0 Å². The summed E-state index contributed by atoms with van der Waals surface area (Å²) in [5.41, 5.74) is 0.170. The summed E-state index contributed by atoms with van der Waals surface area (Å²) < 4.78 is 5.42. The quantitative estimate of drug-likeness (QED) is 0.923. The molecule has 0 unspecified atom stereocenters. The Morgan fingerprint density at radius 3 is 2.50 bits per heavy atom. The van der Waals surface area contributed by atoms with Crippen molar-refractivity contribution in [1.82, 2.24) is 9.97 Å². The fraction of sp³-hybridized carbons (Fsp3) is 0.0833. The lowest BCUT2D eigenvalue weighted by atomic mass is 10.2. The van der Waals surface area contributed by atoms with Gasteiger partial charge in [-0.05, 0) is 12.1 Å². The highest BCUT2D eigenvalue weighted by Gasteiger charge is 2.14. The Morgan fingerprint density at radius 2 is 1.90 bits per heavy atom. The first-order chi connectivity index (χ1) is 9.49. The lowest BCUT2D eigenvalue weighted by molar-refractivity contribution is 0.0692. The fourth-order valence-electron chi connectivity index (χ4n) is 1.46. The van der Waals surface area contributed by atoms with Gasteiger partial charge in [0, 0.05) is 11.2 Å². The highest BCUT2D eigenvalue weighted by molar-refractivity contribution is 6.40. The second-order valence-corrected chi connectivity index (χ2v) is 4.93. The van der Waals surface area contributed by atoms with Crippen LogP contribution in [0.4, 0.5) is 0 Å². The Bertz CT molecular complexity index is 641. The van der Waals surface area contributed by atoms with Crippen LogP contribution in [0.15, 0.2) is 24.7 Å². The number of carboxylic acid groups (broad SMARTS) is 1. The number of hydrogen-bond acceptors (Lipinski definition) is 4. The van der Waals surface area contributed by atoms with Gasteiger partial charge in [0.25, 0.3) is 0 Å². The maximum absolute atomic E-state index is 11.0. The number of carboxylic acids is 1. The fourth-order valence-corrected chi connectivity index (χ4v) is 2.38. The Labute approximate surface area is 129 Å². The first-order valence-electron chi connectivity index (χ1n) is 5.28. The zero-order valence-electron chi connectivity index (χ0n) is 9.81. The largest absolute Gasteiger partial charge is 0.484 e. The van der Waals surface area contributed by atoms with Crippen LogP contribution in [-0.4, -0.2) is 21.0 Å². The third-order valence-corrected chi connectivity index (χ3v) is 3.12. The molecule has 104 valence electrons. The average molecular weight is 334 g/mol. The first kappa shape index (κ1) is 14.8. The second kappa shape index (κ2) is 6.26. The molecule has 0 aliphatic carbocycles. The summed E-state index contributed by atoms with van der Waals surface area (Å²) in [4.78, 5) is 18.5. The highest BCUT2D eigenvalue weighted by Crippen LogP contribution is 2.36. The van der Waals surface area contributed by atoms with Crippen LogP contribution in [0.1, 0.15) is 16.1 Å². The van der Waals surface area contributed by atoms with Crippen LogP contribution in [0.25, 0.3) is 0 Å². The van der Waals surface area contributed by atoms with E-state index in [2.05, 4.69) is 9.97 Å². The van der Waals surface area contributed by atoms with Crippen LogP contribution in [-0.2, 0) is 6.61 Å². The van der Waals surface area contributed by atoms with Crippen molar-refractivity contribution < 1.29 is 14.6 Å². The lowest BCUT2D eigenvalue weighted by Gasteiger charge is -2.10. The highest BCUT2D eigenvalue weighted by atomic mass is 35.5. The minimum absolute atomic E-state index is 0.0475. The van der Waals surface area contributed by atoms with Crippen LogP contribution >= 0.6 is 34.8 Å². The zero-order valence-corrected chi connectivity index (χ0v) is 12.1. The van der Waals surface area contributed by atoms with Gasteiger partial charge in [-0.15, -0.1) is 0 Å². The summed E-state index contributed by atoms with van der Waals surface area (Å²) >= 11 is 17.7. The summed E-state index contributed by atoms with van der Waals surface area (Å²) in [6.45, 7) is -0.106. The molecule has 0 fully saturated rings. The summed E-state index contributed by atoms with van der Waals surface area (Å²) in [7, 11) is 0. The topological polar surface area (TPSA) is 72.3 Å². The van der Waals surface area contributed by atoms with E-state index in [9.17, 15) is 4.79 Å². The number of benzene rings is 1. The molecule has 2 aromatic rings. The summed E-state index contributed by atoms with van der Waals surface area (Å²) in [6.07, 6.45) is 2.43. The van der Waals surface area contributed by atoms with E-state index in [4.69, 9.17) is 44.6 Å². The molecule has 0 aliphatic heterocycles. The molecule has 1 N–H and O–H groups in total. The molecule has 1 aromatic heterocycles. The second-order valence-electron chi connectivity index (χ2n) is 3.68. The van der Waals surface area contributed by atoms with E-state index in [1.165, 1.54) is 24.7 Å². The van der Waals surface area contributed by atoms with Crippen molar-refractivity contribution in [3.63, 3.8) is 0 Å². The standard InChI is InChI=1S/C12H7Cl3N2O3/c13-6-1-8(14)11(9(15)2-6)20-4-10-7(12(18)19)3-16-5-17-10/h1-3,5H,4H2,(H,18,19). The Hall–Kier alpha value is -1.56. The molecule has 0 atom stereocenters. The predicted molar refractivity (Wildman–Crippen MR) is 74.8 cm³/mol. The van der Waals surface area contributed by atoms with E-state index >= 15 is 0 Å². The van der Waals surface area contributed by atoms with E-state index in [1.54, 1.807) is 0 Å². The van der Waals surface area contributed by atoms with Gasteiger partial charge >= 0.3 is 5.97 Å². The minimum Gasteiger partial charge on any atom is -0.484 e. The van der Waals surface area contributed by atoms with E-state index in [-0.39, 0.29) is 33.7 Å². The first-order valence-corrected chi connectivity index (χ1v) is 6.42. The maximum atomic E-state index is 11.0. The average Bonchev–Trinajstić information content (AvgIpc) is 2.37. The van der Waals surface area contributed by atoms with Crippen molar-refractivity contribution in [2.75, 3.05) is 0 Å². The molecule has 0 amide bonds. The molecule has 0 spiro atoms. The van der Waals surface area contributed by atoms with Crippen molar-refractivity contribution in [2.24, 2.45) is 0 Å². The van der Waals surface area contributed by atoms with Crippen LogP contribution in [0.3, 0.4) is 0 Å². The molecule has 0 bridgehead atoms. The van der Waals surface area contributed by atoms with Crippen LogP contribution < -0.4 is 4.74 Å². The van der Waals surface area contributed by atoms with Gasteiger partial charge < -0.3 is 9.84 Å². The van der Waals surface area contributed by atoms with E-state index in [0.29, 0.717) is 5.02 Å². The molecule has 5 nitrogen and oxygen atoms in total. The van der Waals surface area contributed by atoms with E-state index < -0.39 is 5.97 Å². The Balaban J connectivity index is 2.24. The van der Waals surface area contributed by atoms with Gasteiger partial charge in [0.15, 0.2) is 5.75 Å². The third-order valence-electron chi connectivity index (χ3n) is 2.34. The molecular weight excluding hydrogens is 327 g/mol. The normalized spacial score (nSPS) is 10.3. The molecule has 0 aliphatic rings. The maximum Gasteiger partial charge on any atom is 0.339 e. The molecule has 2 rings (SSSR count). The van der Waals surface area contributed by atoms with Gasteiger partial charge in [0.1, 0.15) is 18.5 Å². The summed E-state index contributed by atoms with van der Waals surface area (Å²) in [5.74, 6) is -0.926. The molecule has 1 heterocycles. The number of carbonyl (C=O) groups is 1. The number of ether oxygens (including phenoxy) is 1. The number of aromatic carboxylic acids is 1. The summed E-state index contributed by atoms with van der Waals surface area (Å²) in [6, 6.07) is 2.95. The SMILES string of the molecule is O=C(O)c1cncnc1COc1c(Cl)cc(Cl)cc1Cl. The van der Waals surface area contributed by atoms with Crippen LogP contribution in [0, 0.1) is 0 Å².